The second kappa shape index (κ2) is 7.86. The largest absolute Gasteiger partial charge is 0.384 e. The van der Waals surface area contributed by atoms with Gasteiger partial charge in [-0.05, 0) is 34.5 Å². The molecule has 1 aromatic carbocycles. The van der Waals surface area contributed by atoms with Crippen LogP contribution < -0.4 is 5.32 Å². The second-order valence-electron chi connectivity index (χ2n) is 3.70. The number of ether oxygens (including phenoxy) is 1. The van der Waals surface area contributed by atoms with E-state index in [0.717, 1.165) is 6.42 Å². The molecule has 0 aromatic heterocycles. The van der Waals surface area contributed by atoms with Crippen molar-refractivity contribution in [1.82, 2.24) is 5.32 Å². The standard InChI is InChI=1S/C12H14Br2FNO2/c1-18-7-8(13)5-6-16-12(17)9-3-2-4-10(15)11(9)14/h2-4,8H,5-7H2,1H3,(H,16,17). The molecule has 6 heteroatoms. The quantitative estimate of drug-likeness (QED) is 0.767. The number of hydrogen-bond acceptors (Lipinski definition) is 2. The van der Waals surface area contributed by atoms with E-state index in [1.165, 1.54) is 12.1 Å². The van der Waals surface area contributed by atoms with Gasteiger partial charge >= 0.3 is 0 Å². The van der Waals surface area contributed by atoms with E-state index >= 15 is 0 Å². The number of carbonyl (C=O) groups excluding carboxylic acids is 1. The van der Waals surface area contributed by atoms with E-state index in [0.29, 0.717) is 18.7 Å². The predicted octanol–water partition coefficient (Wildman–Crippen LogP) is 3.12. The van der Waals surface area contributed by atoms with Crippen molar-refractivity contribution in [2.75, 3.05) is 20.3 Å². The summed E-state index contributed by atoms with van der Waals surface area (Å²) >= 11 is 6.49. The van der Waals surface area contributed by atoms with Gasteiger partial charge in [-0.25, -0.2) is 4.39 Å². The number of amides is 1. The average molecular weight is 383 g/mol. The van der Waals surface area contributed by atoms with Crippen LogP contribution in [0.15, 0.2) is 22.7 Å². The smallest absolute Gasteiger partial charge is 0.252 e. The normalized spacial score (nSPS) is 12.2. The van der Waals surface area contributed by atoms with E-state index < -0.39 is 5.82 Å². The monoisotopic (exact) mass is 381 g/mol. The third-order valence-electron chi connectivity index (χ3n) is 2.29. The highest BCUT2D eigenvalue weighted by Gasteiger charge is 2.13. The van der Waals surface area contributed by atoms with Gasteiger partial charge < -0.3 is 10.1 Å². The lowest BCUT2D eigenvalue weighted by Gasteiger charge is -2.10. The van der Waals surface area contributed by atoms with Crippen molar-refractivity contribution in [3.05, 3.63) is 34.1 Å². The summed E-state index contributed by atoms with van der Waals surface area (Å²) in [6.45, 7) is 1.08. The number of carbonyl (C=O) groups is 1. The first-order valence-electron chi connectivity index (χ1n) is 5.41. The maximum absolute atomic E-state index is 13.2. The molecular weight excluding hydrogens is 369 g/mol. The number of hydrogen-bond donors (Lipinski definition) is 1. The van der Waals surface area contributed by atoms with Crippen LogP contribution in [0, 0.1) is 5.82 Å². The Morgan fingerprint density at radius 2 is 2.28 bits per heavy atom. The minimum absolute atomic E-state index is 0.190. The number of benzene rings is 1. The summed E-state index contributed by atoms with van der Waals surface area (Å²) in [5.74, 6) is -0.737. The van der Waals surface area contributed by atoms with E-state index in [2.05, 4.69) is 37.2 Å². The summed E-state index contributed by atoms with van der Waals surface area (Å²) in [4.78, 5) is 12.0. The van der Waals surface area contributed by atoms with E-state index in [1.807, 2.05) is 0 Å². The van der Waals surface area contributed by atoms with Gasteiger partial charge in [0.15, 0.2) is 0 Å². The predicted molar refractivity (Wildman–Crippen MR) is 75.6 cm³/mol. The molecule has 3 nitrogen and oxygen atoms in total. The minimum atomic E-state index is -0.444. The van der Waals surface area contributed by atoms with Crippen molar-refractivity contribution in [2.45, 2.75) is 11.2 Å². The lowest BCUT2D eigenvalue weighted by atomic mass is 10.2. The number of rotatable bonds is 6. The van der Waals surface area contributed by atoms with Crippen LogP contribution in [0.3, 0.4) is 0 Å². The van der Waals surface area contributed by atoms with Gasteiger partial charge in [-0.15, -0.1) is 0 Å². The molecule has 0 aliphatic carbocycles. The Morgan fingerprint density at radius 3 is 2.94 bits per heavy atom. The third-order valence-corrected chi connectivity index (χ3v) is 3.81. The van der Waals surface area contributed by atoms with Crippen LogP contribution in [-0.2, 0) is 4.74 Å². The van der Waals surface area contributed by atoms with Gasteiger partial charge in [0.25, 0.3) is 5.91 Å². The molecule has 0 aliphatic rings. The SMILES string of the molecule is COCC(Br)CCNC(=O)c1cccc(F)c1Br. The van der Waals surface area contributed by atoms with Crippen LogP contribution in [0.25, 0.3) is 0 Å². The first-order chi connectivity index (χ1) is 8.56. The van der Waals surface area contributed by atoms with Crippen LogP contribution in [0.5, 0.6) is 0 Å². The van der Waals surface area contributed by atoms with Gasteiger partial charge in [0, 0.05) is 18.5 Å². The van der Waals surface area contributed by atoms with Crippen molar-refractivity contribution in [3.8, 4) is 0 Å². The molecule has 18 heavy (non-hydrogen) atoms. The number of alkyl halides is 1. The molecule has 0 spiro atoms. The van der Waals surface area contributed by atoms with E-state index in [-0.39, 0.29) is 15.2 Å². The zero-order chi connectivity index (χ0) is 13.5. The van der Waals surface area contributed by atoms with Crippen LogP contribution in [0.4, 0.5) is 4.39 Å². The van der Waals surface area contributed by atoms with Crippen LogP contribution in [0.2, 0.25) is 0 Å². The summed E-state index contributed by atoms with van der Waals surface area (Å²) in [7, 11) is 1.62. The Hall–Kier alpha value is -0.460. The number of halogens is 3. The Balaban J connectivity index is 2.48. The fourth-order valence-electron chi connectivity index (χ4n) is 1.38. The molecule has 0 saturated heterocycles. The first kappa shape index (κ1) is 15.6. The zero-order valence-electron chi connectivity index (χ0n) is 9.88. The molecule has 1 N–H and O–H groups in total. The fourth-order valence-corrected chi connectivity index (χ4v) is 2.32. The lowest BCUT2D eigenvalue weighted by molar-refractivity contribution is 0.0950. The maximum atomic E-state index is 13.2. The second-order valence-corrected chi connectivity index (χ2v) is 5.79. The summed E-state index contributed by atoms with van der Waals surface area (Å²) < 4.78 is 18.4. The van der Waals surface area contributed by atoms with Crippen molar-refractivity contribution in [2.24, 2.45) is 0 Å². The Bertz CT molecular complexity index is 415. The van der Waals surface area contributed by atoms with E-state index in [4.69, 9.17) is 4.74 Å². The van der Waals surface area contributed by atoms with Crippen molar-refractivity contribution in [3.63, 3.8) is 0 Å². The van der Waals surface area contributed by atoms with Crippen molar-refractivity contribution >= 4 is 37.8 Å². The van der Waals surface area contributed by atoms with Gasteiger partial charge in [-0.2, -0.15) is 0 Å². The fraction of sp³-hybridized carbons (Fsp3) is 0.417. The van der Waals surface area contributed by atoms with Gasteiger partial charge in [0.05, 0.1) is 16.6 Å². The topological polar surface area (TPSA) is 38.3 Å². The first-order valence-corrected chi connectivity index (χ1v) is 7.12. The molecule has 100 valence electrons. The summed E-state index contributed by atoms with van der Waals surface area (Å²) in [5, 5.41) is 2.74. The Labute approximate surface area is 122 Å². The highest BCUT2D eigenvalue weighted by atomic mass is 79.9. The highest BCUT2D eigenvalue weighted by molar-refractivity contribution is 9.10. The zero-order valence-corrected chi connectivity index (χ0v) is 13.1. The van der Waals surface area contributed by atoms with Gasteiger partial charge in [0.2, 0.25) is 0 Å². The van der Waals surface area contributed by atoms with Crippen molar-refractivity contribution < 1.29 is 13.9 Å². The average Bonchev–Trinajstić information content (AvgIpc) is 2.33. The molecule has 0 fully saturated rings. The molecule has 0 aliphatic heterocycles. The molecule has 1 rings (SSSR count). The van der Waals surface area contributed by atoms with Crippen LogP contribution >= 0.6 is 31.9 Å². The molecule has 0 heterocycles. The molecule has 0 radical (unpaired) electrons. The molecule has 0 saturated carbocycles. The van der Waals surface area contributed by atoms with E-state index in [1.54, 1.807) is 13.2 Å². The van der Waals surface area contributed by atoms with E-state index in [9.17, 15) is 9.18 Å². The molecule has 1 aromatic rings. The van der Waals surface area contributed by atoms with Gasteiger partial charge in [-0.1, -0.05) is 22.0 Å². The Morgan fingerprint density at radius 1 is 1.56 bits per heavy atom. The van der Waals surface area contributed by atoms with Crippen LogP contribution in [-0.4, -0.2) is 31.0 Å². The summed E-state index contributed by atoms with van der Waals surface area (Å²) in [6.07, 6.45) is 0.743. The number of methoxy groups -OCH3 is 1. The highest BCUT2D eigenvalue weighted by Crippen LogP contribution is 2.20. The summed E-state index contributed by atoms with van der Waals surface area (Å²) in [6, 6.07) is 4.38. The minimum Gasteiger partial charge on any atom is -0.384 e. The molecular formula is C12H14Br2FNO2. The number of nitrogens with one attached hydrogen (secondary N) is 1. The third kappa shape index (κ3) is 4.66. The lowest BCUT2D eigenvalue weighted by Crippen LogP contribution is -2.27. The van der Waals surface area contributed by atoms with Gasteiger partial charge in [0.1, 0.15) is 5.82 Å². The molecule has 1 atom stereocenters. The summed E-state index contributed by atoms with van der Waals surface area (Å²) in [5.41, 5.74) is 0.299. The molecule has 0 bridgehead atoms. The van der Waals surface area contributed by atoms with Crippen LogP contribution in [0.1, 0.15) is 16.8 Å². The van der Waals surface area contributed by atoms with Crippen molar-refractivity contribution in [1.29, 1.82) is 0 Å². The molecule has 1 amide bonds. The maximum Gasteiger partial charge on any atom is 0.252 e. The molecule has 1 unspecified atom stereocenters. The Kier molecular flexibility index (Phi) is 6.81. The van der Waals surface area contributed by atoms with Gasteiger partial charge in [-0.3, -0.25) is 4.79 Å².